The average Bonchev–Trinajstić information content (AvgIpc) is 2.43. The van der Waals surface area contributed by atoms with Crippen LogP contribution in [-0.4, -0.2) is 20.4 Å². The van der Waals surface area contributed by atoms with Crippen molar-refractivity contribution in [3.8, 4) is 0 Å². The van der Waals surface area contributed by atoms with Gasteiger partial charge in [0.05, 0.1) is 4.90 Å². The van der Waals surface area contributed by atoms with Crippen LogP contribution in [0.3, 0.4) is 0 Å². The van der Waals surface area contributed by atoms with Crippen molar-refractivity contribution in [2.75, 3.05) is 11.8 Å². The molecule has 0 saturated carbocycles. The molecule has 0 bridgehead atoms. The van der Waals surface area contributed by atoms with Crippen molar-refractivity contribution in [1.29, 1.82) is 0 Å². The van der Waals surface area contributed by atoms with E-state index >= 15 is 0 Å². The Bertz CT molecular complexity index is 733. The van der Waals surface area contributed by atoms with Gasteiger partial charge in [-0.15, -0.1) is 0 Å². The van der Waals surface area contributed by atoms with Gasteiger partial charge in [-0.2, -0.15) is 0 Å². The van der Waals surface area contributed by atoms with E-state index in [0.717, 1.165) is 0 Å². The van der Waals surface area contributed by atoms with E-state index in [0.29, 0.717) is 12.1 Å². The summed E-state index contributed by atoms with van der Waals surface area (Å²) < 4.78 is 41.0. The Morgan fingerprint density at radius 3 is 2.67 bits per heavy atom. The van der Waals surface area contributed by atoms with E-state index in [-0.39, 0.29) is 16.3 Å². The third kappa shape index (κ3) is 3.56. The molecule has 0 spiro atoms. The predicted molar refractivity (Wildman–Crippen MR) is 78.9 cm³/mol. The van der Waals surface area contributed by atoms with Gasteiger partial charge in [-0.05, 0) is 43.8 Å². The minimum absolute atomic E-state index is 0.0817. The average molecular weight is 309 g/mol. The number of sulfonamides is 1. The Hall–Kier alpha value is -1.99. The van der Waals surface area contributed by atoms with Crippen molar-refractivity contribution >= 4 is 15.8 Å². The van der Waals surface area contributed by atoms with Crippen LogP contribution in [0.4, 0.5) is 10.2 Å². The number of rotatable bonds is 5. The highest BCUT2D eigenvalue weighted by Crippen LogP contribution is 2.22. The zero-order chi connectivity index (χ0) is 15.5. The lowest BCUT2D eigenvalue weighted by atomic mass is 10.1. The number of benzene rings is 1. The van der Waals surface area contributed by atoms with Crippen LogP contribution in [0.15, 0.2) is 41.4 Å². The molecule has 2 rings (SSSR count). The van der Waals surface area contributed by atoms with Crippen molar-refractivity contribution in [3.05, 3.63) is 53.5 Å². The molecular weight excluding hydrogens is 293 g/mol. The monoisotopic (exact) mass is 309 g/mol. The second kappa shape index (κ2) is 6.19. The maximum atomic E-state index is 13.9. The van der Waals surface area contributed by atoms with Crippen LogP contribution in [0, 0.1) is 12.7 Å². The molecule has 2 N–H and O–H groups in total. The molecule has 1 aromatic heterocycles. The maximum absolute atomic E-state index is 13.9. The van der Waals surface area contributed by atoms with Crippen molar-refractivity contribution in [2.45, 2.75) is 18.4 Å². The van der Waals surface area contributed by atoms with Gasteiger partial charge in [0.1, 0.15) is 11.6 Å². The lowest BCUT2D eigenvalue weighted by Gasteiger charge is -2.12. The summed E-state index contributed by atoms with van der Waals surface area (Å²) in [4.78, 5) is 3.82. The van der Waals surface area contributed by atoms with E-state index in [4.69, 9.17) is 0 Å². The second-order valence-electron chi connectivity index (χ2n) is 4.55. The maximum Gasteiger partial charge on any atom is 0.263 e. The van der Waals surface area contributed by atoms with Gasteiger partial charge in [-0.1, -0.05) is 6.07 Å². The first-order chi connectivity index (χ1) is 9.94. The Balaban J connectivity index is 2.44. The van der Waals surface area contributed by atoms with Gasteiger partial charge in [-0.3, -0.25) is 4.72 Å². The lowest BCUT2D eigenvalue weighted by Crippen LogP contribution is -2.17. The molecule has 2 aromatic rings. The summed E-state index contributed by atoms with van der Waals surface area (Å²) in [6.07, 6.45) is 1.47. The number of pyridine rings is 1. The smallest absolute Gasteiger partial charge is 0.263 e. The minimum atomic E-state index is -3.89. The summed E-state index contributed by atoms with van der Waals surface area (Å²) in [5, 5.41) is 2.86. The molecule has 0 atom stereocenters. The molecular formula is C14H16FN3O2S. The number of nitrogens with one attached hydrogen (secondary N) is 2. The summed E-state index contributed by atoms with van der Waals surface area (Å²) >= 11 is 0. The number of hydrogen-bond acceptors (Lipinski definition) is 4. The zero-order valence-corrected chi connectivity index (χ0v) is 12.5. The van der Waals surface area contributed by atoms with Crippen LogP contribution in [0.2, 0.25) is 0 Å². The predicted octanol–water partition coefficient (Wildman–Crippen LogP) is 2.05. The summed E-state index contributed by atoms with van der Waals surface area (Å²) in [5.74, 6) is -0.361. The first kappa shape index (κ1) is 15.4. The zero-order valence-electron chi connectivity index (χ0n) is 11.7. The highest BCUT2D eigenvalue weighted by atomic mass is 32.2. The third-order valence-electron chi connectivity index (χ3n) is 2.93. The number of aromatic nitrogens is 1. The molecule has 7 heteroatoms. The van der Waals surface area contributed by atoms with Crippen LogP contribution in [0.25, 0.3) is 0 Å². The van der Waals surface area contributed by atoms with Crippen LogP contribution in [-0.2, 0) is 16.6 Å². The van der Waals surface area contributed by atoms with Gasteiger partial charge >= 0.3 is 0 Å². The molecule has 0 aliphatic carbocycles. The van der Waals surface area contributed by atoms with E-state index in [9.17, 15) is 12.8 Å². The molecule has 0 radical (unpaired) electrons. The Kier molecular flexibility index (Phi) is 4.54. The first-order valence-electron chi connectivity index (χ1n) is 6.31. The van der Waals surface area contributed by atoms with Gasteiger partial charge < -0.3 is 5.32 Å². The summed E-state index contributed by atoms with van der Waals surface area (Å²) in [6, 6.07) is 7.65. The van der Waals surface area contributed by atoms with Gasteiger partial charge in [-0.25, -0.2) is 17.8 Å². The fraction of sp³-hybridized carbons (Fsp3) is 0.214. The normalized spacial score (nSPS) is 11.4. The largest absolute Gasteiger partial charge is 0.316 e. The molecule has 0 fully saturated rings. The number of hydrogen-bond donors (Lipinski definition) is 2. The fourth-order valence-electron chi connectivity index (χ4n) is 1.91. The van der Waals surface area contributed by atoms with E-state index in [1.54, 1.807) is 19.2 Å². The van der Waals surface area contributed by atoms with Crippen molar-refractivity contribution in [3.63, 3.8) is 0 Å². The van der Waals surface area contributed by atoms with Crippen LogP contribution >= 0.6 is 0 Å². The second-order valence-corrected chi connectivity index (χ2v) is 6.20. The number of nitrogens with zero attached hydrogens (tertiary/aromatic N) is 1. The molecule has 0 amide bonds. The van der Waals surface area contributed by atoms with Crippen LogP contribution in [0.1, 0.15) is 11.1 Å². The quantitative estimate of drug-likeness (QED) is 0.887. The topological polar surface area (TPSA) is 71.1 Å². The molecule has 0 aliphatic heterocycles. The fourth-order valence-corrected chi connectivity index (χ4v) is 3.22. The van der Waals surface area contributed by atoms with Gasteiger partial charge in [0, 0.05) is 18.3 Å². The minimum Gasteiger partial charge on any atom is -0.316 e. The van der Waals surface area contributed by atoms with Crippen molar-refractivity contribution < 1.29 is 12.8 Å². The molecule has 1 heterocycles. The Morgan fingerprint density at radius 2 is 2.05 bits per heavy atom. The van der Waals surface area contributed by atoms with Gasteiger partial charge in [0.25, 0.3) is 10.0 Å². The van der Waals surface area contributed by atoms with Gasteiger partial charge in [0.2, 0.25) is 0 Å². The summed E-state index contributed by atoms with van der Waals surface area (Å²) in [7, 11) is -2.18. The Morgan fingerprint density at radius 1 is 1.29 bits per heavy atom. The van der Waals surface area contributed by atoms with Gasteiger partial charge in [0.15, 0.2) is 0 Å². The highest BCUT2D eigenvalue weighted by molar-refractivity contribution is 7.92. The van der Waals surface area contributed by atoms with Crippen molar-refractivity contribution in [1.82, 2.24) is 10.3 Å². The first-order valence-corrected chi connectivity index (χ1v) is 7.80. The SMILES string of the molecule is CNCc1cc(F)c(C)c(S(=O)(=O)Nc2ccccn2)c1. The van der Waals surface area contributed by atoms with Crippen LogP contribution in [0.5, 0.6) is 0 Å². The summed E-state index contributed by atoms with van der Waals surface area (Å²) in [5.41, 5.74) is 0.639. The molecule has 21 heavy (non-hydrogen) atoms. The summed E-state index contributed by atoms with van der Waals surface area (Å²) in [6.45, 7) is 1.81. The molecule has 1 aromatic carbocycles. The Labute approximate surface area is 123 Å². The lowest BCUT2D eigenvalue weighted by molar-refractivity contribution is 0.588. The van der Waals surface area contributed by atoms with E-state index in [2.05, 4.69) is 15.0 Å². The third-order valence-corrected chi connectivity index (χ3v) is 4.41. The van der Waals surface area contributed by atoms with Crippen LogP contribution < -0.4 is 10.0 Å². The van der Waals surface area contributed by atoms with E-state index < -0.39 is 15.8 Å². The number of halogens is 1. The van der Waals surface area contributed by atoms with E-state index in [1.807, 2.05) is 0 Å². The molecule has 0 saturated heterocycles. The molecule has 0 aliphatic rings. The molecule has 5 nitrogen and oxygen atoms in total. The van der Waals surface area contributed by atoms with Crippen molar-refractivity contribution in [2.24, 2.45) is 0 Å². The molecule has 0 unspecified atom stereocenters. The number of anilines is 1. The standard InChI is InChI=1S/C14H16FN3O2S/c1-10-12(15)7-11(9-16-2)8-13(10)21(19,20)18-14-5-3-4-6-17-14/h3-8,16H,9H2,1-2H3,(H,17,18). The van der Waals surface area contributed by atoms with E-state index in [1.165, 1.54) is 31.3 Å². The molecule has 112 valence electrons. The highest BCUT2D eigenvalue weighted by Gasteiger charge is 2.20.